The molecule has 0 fully saturated rings. The second-order valence-corrected chi connectivity index (χ2v) is 6.44. The van der Waals surface area contributed by atoms with Crippen molar-refractivity contribution in [1.82, 2.24) is 4.90 Å². The summed E-state index contributed by atoms with van der Waals surface area (Å²) in [5.41, 5.74) is 0.758. The van der Waals surface area contributed by atoms with E-state index in [0.717, 1.165) is 24.9 Å². The number of hydrogen-bond acceptors (Lipinski definition) is 3. The van der Waals surface area contributed by atoms with Gasteiger partial charge in [-0.05, 0) is 37.5 Å². The molecule has 0 saturated heterocycles. The van der Waals surface area contributed by atoms with Gasteiger partial charge in [0.15, 0.2) is 0 Å². The summed E-state index contributed by atoms with van der Waals surface area (Å²) in [5.74, 6) is -0.317. The minimum Gasteiger partial charge on any atom is -0.286 e. The van der Waals surface area contributed by atoms with Crippen LogP contribution >= 0.6 is 0 Å². The first-order chi connectivity index (χ1) is 9.87. The largest absolute Gasteiger partial charge is 0.497 e. The van der Waals surface area contributed by atoms with Crippen LogP contribution in [0.3, 0.4) is 0 Å². The van der Waals surface area contributed by atoms with Crippen molar-refractivity contribution in [3.05, 3.63) is 30.1 Å². The fourth-order valence-electron chi connectivity index (χ4n) is 1.90. The lowest BCUT2D eigenvalue weighted by Crippen LogP contribution is -2.52. The Balaban J connectivity index is 2.70. The molecular weight excluding hydrogens is 292 g/mol. The topological polar surface area (TPSA) is 78.6 Å². The highest BCUT2D eigenvalue weighted by atomic mass is 32.2. The van der Waals surface area contributed by atoms with Crippen LogP contribution in [-0.2, 0) is 16.5 Å². The lowest BCUT2D eigenvalue weighted by molar-refractivity contribution is -0.578. The number of aromatic nitrogens is 1. The van der Waals surface area contributed by atoms with Crippen LogP contribution in [0.4, 0.5) is 4.79 Å². The molecule has 0 aliphatic carbocycles. The molecule has 0 spiro atoms. The second-order valence-electron chi connectivity index (χ2n) is 4.87. The fourth-order valence-corrected chi connectivity index (χ4v) is 2.39. The Hall–Kier alpha value is -1.47. The lowest BCUT2D eigenvalue weighted by atomic mass is 10.2. The molecule has 1 rings (SSSR count). The van der Waals surface area contributed by atoms with Crippen LogP contribution in [0, 0.1) is 0 Å². The van der Waals surface area contributed by atoms with Crippen molar-refractivity contribution in [1.29, 1.82) is 0 Å². The van der Waals surface area contributed by atoms with E-state index in [0.29, 0.717) is 6.54 Å². The third-order valence-electron chi connectivity index (χ3n) is 3.20. The van der Waals surface area contributed by atoms with Crippen LogP contribution in [0.25, 0.3) is 0 Å². The van der Waals surface area contributed by atoms with Crippen molar-refractivity contribution in [2.24, 2.45) is 0 Å². The van der Waals surface area contributed by atoms with Crippen molar-refractivity contribution < 1.29 is 22.3 Å². The Morgan fingerprint density at radius 2 is 1.90 bits per heavy atom. The maximum Gasteiger partial charge on any atom is 0.497 e. The minimum absolute atomic E-state index is 0.0905. The molecule has 1 aromatic rings. The normalized spacial score (nSPS) is 11.4. The number of pyridine rings is 1. The highest BCUT2D eigenvalue weighted by Gasteiger charge is 2.21. The van der Waals surface area contributed by atoms with Gasteiger partial charge >= 0.3 is 6.03 Å². The fraction of sp³-hybridized carbons (Fsp3) is 0.571. The standard InChI is InChI=1S/C14H22N2O4S/c1-3-5-9-15(4-2)14(17)16-10-6-13(7-11-16)8-12-21(18,19)20/h6-7,10-11H,3-5,8-9,12H2,1-2H3/p+1. The quantitative estimate of drug-likeness (QED) is 0.611. The Morgan fingerprint density at radius 1 is 1.29 bits per heavy atom. The minimum atomic E-state index is -3.96. The first kappa shape index (κ1) is 17.6. The van der Waals surface area contributed by atoms with E-state index in [-0.39, 0.29) is 18.2 Å². The Labute approximate surface area is 126 Å². The van der Waals surface area contributed by atoms with Crippen molar-refractivity contribution in [2.45, 2.75) is 33.1 Å². The summed E-state index contributed by atoms with van der Waals surface area (Å²) in [4.78, 5) is 14.0. The van der Waals surface area contributed by atoms with Crippen LogP contribution in [-0.4, -0.2) is 42.7 Å². The molecule has 1 heterocycles. The molecule has 1 N–H and O–H groups in total. The number of carbonyl (C=O) groups is 1. The summed E-state index contributed by atoms with van der Waals surface area (Å²) in [6, 6.07) is 3.29. The zero-order valence-corrected chi connectivity index (χ0v) is 13.3. The Morgan fingerprint density at radius 3 is 2.38 bits per heavy atom. The van der Waals surface area contributed by atoms with Crippen LogP contribution in [0.5, 0.6) is 0 Å². The molecule has 7 heteroatoms. The number of carbonyl (C=O) groups excluding carboxylic acids is 1. The number of hydrogen-bond donors (Lipinski definition) is 1. The highest BCUT2D eigenvalue weighted by Crippen LogP contribution is 2.00. The van der Waals surface area contributed by atoms with Gasteiger partial charge in [0.05, 0.1) is 31.2 Å². The third kappa shape index (κ3) is 6.22. The van der Waals surface area contributed by atoms with Gasteiger partial charge in [-0.25, -0.2) is 4.90 Å². The molecule has 6 nitrogen and oxygen atoms in total. The van der Waals surface area contributed by atoms with Gasteiger partial charge in [-0.15, -0.1) is 0 Å². The molecule has 0 unspecified atom stereocenters. The molecule has 1 amide bonds. The van der Waals surface area contributed by atoms with Gasteiger partial charge in [0.25, 0.3) is 10.1 Å². The molecular formula is C14H23N2O4S+. The first-order valence-electron chi connectivity index (χ1n) is 7.12. The molecule has 0 aliphatic heterocycles. The maximum absolute atomic E-state index is 12.3. The molecule has 0 bridgehead atoms. The van der Waals surface area contributed by atoms with Crippen LogP contribution < -0.4 is 4.57 Å². The molecule has 21 heavy (non-hydrogen) atoms. The zero-order valence-electron chi connectivity index (χ0n) is 12.5. The summed E-state index contributed by atoms with van der Waals surface area (Å²) < 4.78 is 31.6. The van der Waals surface area contributed by atoms with Gasteiger partial charge < -0.3 is 0 Å². The summed E-state index contributed by atoms with van der Waals surface area (Å²) >= 11 is 0. The molecule has 1 aromatic heterocycles. The van der Waals surface area contributed by atoms with Crippen molar-refractivity contribution in [2.75, 3.05) is 18.8 Å². The number of amides is 1. The van der Waals surface area contributed by atoms with Gasteiger partial charge in [-0.2, -0.15) is 17.8 Å². The van der Waals surface area contributed by atoms with E-state index in [4.69, 9.17) is 4.55 Å². The van der Waals surface area contributed by atoms with E-state index in [9.17, 15) is 13.2 Å². The Kier molecular flexibility index (Phi) is 6.77. The third-order valence-corrected chi connectivity index (χ3v) is 3.92. The van der Waals surface area contributed by atoms with Crippen LogP contribution in [0.2, 0.25) is 0 Å². The van der Waals surface area contributed by atoms with E-state index in [1.54, 1.807) is 29.4 Å². The second kappa shape index (κ2) is 8.09. The van der Waals surface area contributed by atoms with Gasteiger partial charge in [-0.1, -0.05) is 13.3 Å². The maximum atomic E-state index is 12.3. The summed E-state index contributed by atoms with van der Waals surface area (Å²) in [6.45, 7) is 5.39. The molecule has 0 radical (unpaired) electrons. The summed E-state index contributed by atoms with van der Waals surface area (Å²) in [6.07, 6.45) is 5.46. The van der Waals surface area contributed by atoms with Gasteiger partial charge in [0.2, 0.25) is 0 Å². The zero-order chi connectivity index (χ0) is 15.9. The van der Waals surface area contributed by atoms with Crippen LogP contribution in [0.1, 0.15) is 32.3 Å². The monoisotopic (exact) mass is 315 g/mol. The molecule has 0 atom stereocenters. The number of nitrogens with zero attached hydrogens (tertiary/aromatic N) is 2. The molecule has 118 valence electrons. The lowest BCUT2D eigenvalue weighted by Gasteiger charge is -2.12. The summed E-state index contributed by atoms with van der Waals surface area (Å²) in [5, 5.41) is 0. The van der Waals surface area contributed by atoms with Crippen molar-refractivity contribution >= 4 is 16.1 Å². The van der Waals surface area contributed by atoms with Gasteiger partial charge in [0.1, 0.15) is 0 Å². The average molecular weight is 315 g/mol. The number of rotatable bonds is 7. The summed E-state index contributed by atoms with van der Waals surface area (Å²) in [7, 11) is -3.96. The Bertz CT molecular complexity index is 555. The SMILES string of the molecule is CCCCN(CC)C(=O)[n+]1ccc(CCS(=O)(=O)O)cc1. The van der Waals surface area contributed by atoms with E-state index in [1.807, 2.05) is 6.92 Å². The molecule has 0 aliphatic rings. The molecule has 0 saturated carbocycles. The number of aryl methyl sites for hydroxylation is 1. The predicted molar refractivity (Wildman–Crippen MR) is 79.7 cm³/mol. The number of unbranched alkanes of at least 4 members (excludes halogenated alkanes) is 1. The first-order valence-corrected chi connectivity index (χ1v) is 8.73. The predicted octanol–water partition coefficient (Wildman–Crippen LogP) is 1.49. The average Bonchev–Trinajstić information content (AvgIpc) is 2.45. The van der Waals surface area contributed by atoms with Gasteiger partial charge in [0, 0.05) is 0 Å². The van der Waals surface area contributed by atoms with Crippen molar-refractivity contribution in [3.63, 3.8) is 0 Å². The highest BCUT2D eigenvalue weighted by molar-refractivity contribution is 7.85. The van der Waals surface area contributed by atoms with Crippen LogP contribution in [0.15, 0.2) is 24.5 Å². The van der Waals surface area contributed by atoms with E-state index in [1.165, 1.54) is 4.57 Å². The molecule has 0 aromatic carbocycles. The van der Waals surface area contributed by atoms with Crippen molar-refractivity contribution in [3.8, 4) is 0 Å². The van der Waals surface area contributed by atoms with Gasteiger partial charge in [-0.3, -0.25) is 4.55 Å². The smallest absolute Gasteiger partial charge is 0.286 e. The van der Waals surface area contributed by atoms with E-state index in [2.05, 4.69) is 6.92 Å². The van der Waals surface area contributed by atoms with E-state index >= 15 is 0 Å². The van der Waals surface area contributed by atoms with E-state index < -0.39 is 10.1 Å².